The minimum absolute atomic E-state index is 0.113. The van der Waals surface area contributed by atoms with E-state index < -0.39 is 5.54 Å². The molecule has 0 saturated heterocycles. The first-order valence-corrected chi connectivity index (χ1v) is 7.46. The molecule has 4 nitrogen and oxygen atoms in total. The number of benzene rings is 1. The molecule has 0 unspecified atom stereocenters. The Morgan fingerprint density at radius 2 is 1.60 bits per heavy atom. The Labute approximate surface area is 122 Å². The van der Waals surface area contributed by atoms with Gasteiger partial charge in [0.2, 0.25) is 5.91 Å². The van der Waals surface area contributed by atoms with E-state index in [9.17, 15) is 4.79 Å². The molecule has 0 radical (unpaired) electrons. The van der Waals surface area contributed by atoms with E-state index in [2.05, 4.69) is 24.1 Å². The normalized spacial score (nSPS) is 11.2. The van der Waals surface area contributed by atoms with Crippen LogP contribution < -0.4 is 16.0 Å². The van der Waals surface area contributed by atoms with E-state index >= 15 is 0 Å². The number of amides is 1. The molecule has 0 fully saturated rings. The van der Waals surface area contributed by atoms with Crippen molar-refractivity contribution in [1.82, 2.24) is 0 Å². The van der Waals surface area contributed by atoms with Gasteiger partial charge in [-0.15, -0.1) is 0 Å². The number of nitrogens with zero attached hydrogens (tertiary/aromatic N) is 1. The van der Waals surface area contributed by atoms with Crippen LogP contribution in [0, 0.1) is 0 Å². The van der Waals surface area contributed by atoms with E-state index in [1.165, 1.54) is 0 Å². The Kier molecular flexibility index (Phi) is 6.02. The van der Waals surface area contributed by atoms with E-state index in [4.69, 9.17) is 5.73 Å². The standard InChI is InChI=1S/C16H27N3O/c1-5-16(17,6-2)15(20)18-13-9-11-14(12-10-13)19(7-3)8-4/h9-12H,5-8,17H2,1-4H3,(H,18,20). The van der Waals surface area contributed by atoms with Crippen LogP contribution in [0.15, 0.2) is 24.3 Å². The highest BCUT2D eigenvalue weighted by molar-refractivity contribution is 5.98. The minimum atomic E-state index is -0.780. The predicted molar refractivity (Wildman–Crippen MR) is 86.1 cm³/mol. The smallest absolute Gasteiger partial charge is 0.244 e. The molecule has 0 saturated carbocycles. The lowest BCUT2D eigenvalue weighted by molar-refractivity contribution is -0.121. The van der Waals surface area contributed by atoms with Crippen molar-refractivity contribution >= 4 is 17.3 Å². The van der Waals surface area contributed by atoms with E-state index in [-0.39, 0.29) is 5.91 Å². The van der Waals surface area contributed by atoms with Crippen molar-refractivity contribution in [2.24, 2.45) is 5.73 Å². The number of nitrogens with one attached hydrogen (secondary N) is 1. The minimum Gasteiger partial charge on any atom is -0.372 e. The Bertz CT molecular complexity index is 420. The molecule has 4 heteroatoms. The molecule has 0 atom stereocenters. The zero-order valence-electron chi connectivity index (χ0n) is 13.1. The van der Waals surface area contributed by atoms with Gasteiger partial charge in [0.1, 0.15) is 0 Å². The molecule has 1 aromatic rings. The average Bonchev–Trinajstić information content (AvgIpc) is 2.49. The van der Waals surface area contributed by atoms with Crippen LogP contribution in [0.1, 0.15) is 40.5 Å². The molecule has 0 heterocycles. The molecule has 3 N–H and O–H groups in total. The first-order chi connectivity index (χ1) is 9.50. The molecule has 0 bridgehead atoms. The van der Waals surface area contributed by atoms with Gasteiger partial charge >= 0.3 is 0 Å². The van der Waals surface area contributed by atoms with Gasteiger partial charge < -0.3 is 16.0 Å². The second-order valence-corrected chi connectivity index (χ2v) is 5.04. The first kappa shape index (κ1) is 16.5. The molecule has 0 aliphatic heterocycles. The van der Waals surface area contributed by atoms with Crippen LogP contribution in [0.3, 0.4) is 0 Å². The van der Waals surface area contributed by atoms with Gasteiger partial charge in [0, 0.05) is 24.5 Å². The highest BCUT2D eigenvalue weighted by Gasteiger charge is 2.29. The number of nitrogens with two attached hydrogens (primary N) is 1. The number of anilines is 2. The summed E-state index contributed by atoms with van der Waals surface area (Å²) in [6.07, 6.45) is 1.26. The van der Waals surface area contributed by atoms with Crippen LogP contribution in [-0.4, -0.2) is 24.5 Å². The van der Waals surface area contributed by atoms with Gasteiger partial charge in [-0.2, -0.15) is 0 Å². The van der Waals surface area contributed by atoms with Crippen molar-refractivity contribution in [3.63, 3.8) is 0 Å². The fourth-order valence-corrected chi connectivity index (χ4v) is 2.17. The van der Waals surface area contributed by atoms with Crippen LogP contribution in [0.25, 0.3) is 0 Å². The first-order valence-electron chi connectivity index (χ1n) is 7.46. The topological polar surface area (TPSA) is 58.4 Å². The maximum atomic E-state index is 12.2. The summed E-state index contributed by atoms with van der Waals surface area (Å²) in [4.78, 5) is 14.4. The molecule has 0 spiro atoms. The van der Waals surface area contributed by atoms with Crippen LogP contribution in [0.2, 0.25) is 0 Å². The molecule has 1 rings (SSSR count). The third kappa shape index (κ3) is 3.73. The van der Waals surface area contributed by atoms with E-state index in [0.717, 1.165) is 24.5 Å². The van der Waals surface area contributed by atoms with E-state index in [0.29, 0.717) is 12.8 Å². The Balaban J connectivity index is 2.78. The van der Waals surface area contributed by atoms with Gasteiger partial charge in [-0.25, -0.2) is 0 Å². The third-order valence-corrected chi connectivity index (χ3v) is 3.97. The molecule has 0 aromatic heterocycles. The summed E-state index contributed by atoms with van der Waals surface area (Å²) in [7, 11) is 0. The number of hydrogen-bond donors (Lipinski definition) is 2. The summed E-state index contributed by atoms with van der Waals surface area (Å²) in [6.45, 7) is 10.1. The quantitative estimate of drug-likeness (QED) is 0.805. The Hall–Kier alpha value is -1.55. The molecule has 1 amide bonds. The summed E-state index contributed by atoms with van der Waals surface area (Å²) < 4.78 is 0. The van der Waals surface area contributed by atoms with Gasteiger partial charge in [-0.3, -0.25) is 4.79 Å². The summed E-state index contributed by atoms with van der Waals surface area (Å²) in [6, 6.07) is 7.91. The van der Waals surface area contributed by atoms with E-state index in [1.54, 1.807) is 0 Å². The zero-order chi connectivity index (χ0) is 15.2. The third-order valence-electron chi connectivity index (χ3n) is 3.97. The number of carbonyl (C=O) groups excluding carboxylic acids is 1. The molecule has 20 heavy (non-hydrogen) atoms. The van der Waals surface area contributed by atoms with Crippen molar-refractivity contribution in [3.05, 3.63) is 24.3 Å². The lowest BCUT2D eigenvalue weighted by atomic mass is 9.93. The molecule has 0 aliphatic carbocycles. The predicted octanol–water partition coefficient (Wildman–Crippen LogP) is 2.99. The van der Waals surface area contributed by atoms with Crippen molar-refractivity contribution in [1.29, 1.82) is 0 Å². The average molecular weight is 277 g/mol. The number of rotatable bonds is 7. The molecular formula is C16H27N3O. The SMILES string of the molecule is CCN(CC)c1ccc(NC(=O)C(N)(CC)CC)cc1. The summed E-state index contributed by atoms with van der Waals surface area (Å²) >= 11 is 0. The van der Waals surface area contributed by atoms with Gasteiger partial charge in [0.15, 0.2) is 0 Å². The lowest BCUT2D eigenvalue weighted by Gasteiger charge is -2.25. The number of hydrogen-bond acceptors (Lipinski definition) is 3. The molecule has 112 valence electrons. The molecular weight excluding hydrogens is 250 g/mol. The monoisotopic (exact) mass is 277 g/mol. The fourth-order valence-electron chi connectivity index (χ4n) is 2.17. The van der Waals surface area contributed by atoms with E-state index in [1.807, 2.05) is 38.1 Å². The highest BCUT2D eigenvalue weighted by atomic mass is 16.2. The van der Waals surface area contributed by atoms with Gasteiger partial charge in [-0.1, -0.05) is 13.8 Å². The number of carbonyl (C=O) groups is 1. The second-order valence-electron chi connectivity index (χ2n) is 5.04. The van der Waals surface area contributed by atoms with Gasteiger partial charge in [0.05, 0.1) is 5.54 Å². The molecule has 0 aliphatic rings. The van der Waals surface area contributed by atoms with Crippen molar-refractivity contribution < 1.29 is 4.79 Å². The Morgan fingerprint density at radius 3 is 2.00 bits per heavy atom. The fraction of sp³-hybridized carbons (Fsp3) is 0.562. The van der Waals surface area contributed by atoms with Crippen LogP contribution in [-0.2, 0) is 4.79 Å². The van der Waals surface area contributed by atoms with Crippen molar-refractivity contribution in [2.45, 2.75) is 46.1 Å². The summed E-state index contributed by atoms with van der Waals surface area (Å²) in [5.74, 6) is -0.113. The van der Waals surface area contributed by atoms with Crippen molar-refractivity contribution in [3.8, 4) is 0 Å². The Morgan fingerprint density at radius 1 is 1.10 bits per heavy atom. The zero-order valence-corrected chi connectivity index (χ0v) is 13.1. The van der Waals surface area contributed by atoms with Crippen LogP contribution in [0.4, 0.5) is 11.4 Å². The van der Waals surface area contributed by atoms with Crippen LogP contribution >= 0.6 is 0 Å². The lowest BCUT2D eigenvalue weighted by Crippen LogP contribution is -2.50. The highest BCUT2D eigenvalue weighted by Crippen LogP contribution is 2.20. The van der Waals surface area contributed by atoms with Crippen molar-refractivity contribution in [2.75, 3.05) is 23.3 Å². The summed E-state index contributed by atoms with van der Waals surface area (Å²) in [5, 5.41) is 2.90. The largest absolute Gasteiger partial charge is 0.372 e. The van der Waals surface area contributed by atoms with Gasteiger partial charge in [0.25, 0.3) is 0 Å². The maximum absolute atomic E-state index is 12.2. The maximum Gasteiger partial charge on any atom is 0.244 e. The van der Waals surface area contributed by atoms with Crippen LogP contribution in [0.5, 0.6) is 0 Å². The second kappa shape index (κ2) is 7.29. The van der Waals surface area contributed by atoms with Gasteiger partial charge in [-0.05, 0) is 51.0 Å². The summed E-state index contributed by atoms with van der Waals surface area (Å²) in [5.41, 5.74) is 7.27. The molecule has 1 aromatic carbocycles.